The van der Waals surface area contributed by atoms with Crippen molar-refractivity contribution in [1.82, 2.24) is 4.98 Å². The summed E-state index contributed by atoms with van der Waals surface area (Å²) in [5.41, 5.74) is 8.49. The minimum Gasteiger partial charge on any atom is -0.363 e. The molecule has 102 valence electrons. The van der Waals surface area contributed by atoms with Gasteiger partial charge in [-0.15, -0.1) is 0 Å². The van der Waals surface area contributed by atoms with E-state index in [4.69, 9.17) is 10.9 Å². The van der Waals surface area contributed by atoms with Crippen LogP contribution in [0.4, 0.5) is 11.4 Å². The summed E-state index contributed by atoms with van der Waals surface area (Å²) in [6, 6.07) is 6.78. The zero-order valence-corrected chi connectivity index (χ0v) is 11.3. The smallest absolute Gasteiger partial charge is 0.238 e. The Labute approximate surface area is 111 Å². The van der Waals surface area contributed by atoms with Crippen LogP contribution in [0.25, 0.3) is 0 Å². The number of aryl methyl sites for hydroxylation is 1. The van der Waals surface area contributed by atoms with Crippen molar-refractivity contribution < 1.29 is 8.42 Å². The molecule has 0 saturated carbocycles. The molecule has 7 heteroatoms. The van der Waals surface area contributed by atoms with E-state index in [1.165, 1.54) is 6.07 Å². The first-order valence-electron chi connectivity index (χ1n) is 5.68. The van der Waals surface area contributed by atoms with Crippen LogP contribution in [0.3, 0.4) is 0 Å². The maximum atomic E-state index is 11.5. The molecule has 2 aromatic rings. The molecule has 0 aliphatic rings. The van der Waals surface area contributed by atoms with Crippen LogP contribution in [0.5, 0.6) is 0 Å². The van der Waals surface area contributed by atoms with Crippen LogP contribution in [0, 0.1) is 6.92 Å². The molecule has 0 spiro atoms. The molecule has 6 N–H and O–H groups in total. The number of anilines is 2. The van der Waals surface area contributed by atoms with E-state index in [1.807, 2.05) is 13.0 Å². The minimum atomic E-state index is -3.78. The predicted molar refractivity (Wildman–Crippen MR) is 74.5 cm³/mol. The van der Waals surface area contributed by atoms with Crippen LogP contribution in [-0.2, 0) is 16.6 Å². The summed E-state index contributed by atoms with van der Waals surface area (Å²) in [5.74, 6) is 0. The lowest BCUT2D eigenvalue weighted by molar-refractivity contribution is 0.596. The number of aromatic nitrogens is 1. The van der Waals surface area contributed by atoms with Crippen LogP contribution < -0.4 is 16.2 Å². The van der Waals surface area contributed by atoms with Crippen molar-refractivity contribution >= 4 is 21.4 Å². The summed E-state index contributed by atoms with van der Waals surface area (Å²) in [5, 5.41) is 8.31. The van der Waals surface area contributed by atoms with E-state index in [1.54, 1.807) is 18.3 Å². The van der Waals surface area contributed by atoms with Gasteiger partial charge in [-0.05, 0) is 30.7 Å². The van der Waals surface area contributed by atoms with Gasteiger partial charge in [-0.1, -0.05) is 6.07 Å². The number of sulfonamides is 1. The van der Waals surface area contributed by atoms with Crippen LogP contribution in [-0.4, -0.2) is 13.4 Å². The Morgan fingerprint density at radius 2 is 2.05 bits per heavy atom. The number of primary sulfonamides is 1. The molecule has 1 aromatic carbocycles. The van der Waals surface area contributed by atoms with Gasteiger partial charge in [0.05, 0.1) is 10.6 Å². The van der Waals surface area contributed by atoms with Gasteiger partial charge in [-0.25, -0.2) is 13.6 Å². The zero-order valence-electron chi connectivity index (χ0n) is 10.5. The van der Waals surface area contributed by atoms with E-state index in [0.29, 0.717) is 11.3 Å². The summed E-state index contributed by atoms with van der Waals surface area (Å²) in [7, 11) is -3.78. The highest BCUT2D eigenvalue weighted by Crippen LogP contribution is 2.24. The molecule has 0 atom stereocenters. The second kappa shape index (κ2) is 5.04. The Kier molecular flexibility index (Phi) is 3.61. The lowest BCUT2D eigenvalue weighted by atomic mass is 10.2. The number of H-pyrrole nitrogens is 1. The van der Waals surface area contributed by atoms with Gasteiger partial charge in [0.25, 0.3) is 0 Å². The minimum absolute atomic E-state index is 0.0492. The molecule has 2 rings (SSSR count). The summed E-state index contributed by atoms with van der Waals surface area (Å²) in [6.07, 6.45) is 1.80. The molecular formula is C12H16N4O2S. The molecule has 1 aromatic heterocycles. The van der Waals surface area contributed by atoms with E-state index in [2.05, 4.69) is 10.3 Å². The van der Waals surface area contributed by atoms with Gasteiger partial charge in [0, 0.05) is 24.1 Å². The molecule has 0 radical (unpaired) electrons. The van der Waals surface area contributed by atoms with E-state index >= 15 is 0 Å². The molecular weight excluding hydrogens is 264 g/mol. The third-order valence-electron chi connectivity index (χ3n) is 2.83. The number of benzene rings is 1. The Hall–Kier alpha value is -1.83. The lowest BCUT2D eigenvalue weighted by Crippen LogP contribution is -2.16. The summed E-state index contributed by atoms with van der Waals surface area (Å²) < 4.78 is 23.0. The summed E-state index contributed by atoms with van der Waals surface area (Å²) in [4.78, 5) is 3.08. The number of aromatic amines is 1. The average Bonchev–Trinajstić information content (AvgIpc) is 2.74. The second-order valence-electron chi connectivity index (χ2n) is 4.21. The SMILES string of the molecule is Cc1[nH]ccc1Nc1ccc(CN)c(S(N)(=O)=O)c1. The molecule has 0 bridgehead atoms. The van der Waals surface area contributed by atoms with Crippen molar-refractivity contribution in [3.8, 4) is 0 Å². The molecule has 0 amide bonds. The maximum absolute atomic E-state index is 11.5. The highest BCUT2D eigenvalue weighted by atomic mass is 32.2. The molecule has 0 fully saturated rings. The van der Waals surface area contributed by atoms with Gasteiger partial charge < -0.3 is 16.0 Å². The number of nitrogens with one attached hydrogen (secondary N) is 2. The monoisotopic (exact) mass is 280 g/mol. The fourth-order valence-electron chi connectivity index (χ4n) is 1.81. The summed E-state index contributed by atoms with van der Waals surface area (Å²) >= 11 is 0. The normalized spacial score (nSPS) is 11.5. The van der Waals surface area contributed by atoms with Crippen LogP contribution in [0.2, 0.25) is 0 Å². The number of rotatable bonds is 4. The molecule has 0 unspecified atom stereocenters. The zero-order chi connectivity index (χ0) is 14.0. The van der Waals surface area contributed by atoms with Gasteiger partial charge in [0.1, 0.15) is 0 Å². The summed E-state index contributed by atoms with van der Waals surface area (Å²) in [6.45, 7) is 2.03. The first-order chi connectivity index (χ1) is 8.91. The fourth-order valence-corrected chi connectivity index (χ4v) is 2.62. The van der Waals surface area contributed by atoms with E-state index < -0.39 is 10.0 Å². The van der Waals surface area contributed by atoms with E-state index in [9.17, 15) is 8.42 Å². The Morgan fingerprint density at radius 1 is 1.32 bits per heavy atom. The van der Waals surface area contributed by atoms with Crippen molar-refractivity contribution in [2.45, 2.75) is 18.4 Å². The predicted octanol–water partition coefficient (Wildman–Crippen LogP) is 1.17. The molecule has 0 saturated heterocycles. The third kappa shape index (κ3) is 2.95. The molecule has 0 aliphatic heterocycles. The van der Waals surface area contributed by atoms with Gasteiger partial charge in [0.15, 0.2) is 0 Å². The standard InChI is InChI=1S/C12H16N4O2S/c1-8-11(4-5-15-8)16-10-3-2-9(7-13)12(6-10)19(14,17)18/h2-6,15-16H,7,13H2,1H3,(H2,14,17,18). The van der Waals surface area contributed by atoms with Crippen molar-refractivity contribution in [1.29, 1.82) is 0 Å². The highest BCUT2D eigenvalue weighted by molar-refractivity contribution is 7.89. The van der Waals surface area contributed by atoms with Crippen molar-refractivity contribution in [2.24, 2.45) is 10.9 Å². The van der Waals surface area contributed by atoms with Crippen molar-refractivity contribution in [3.63, 3.8) is 0 Å². The first-order valence-corrected chi connectivity index (χ1v) is 7.23. The van der Waals surface area contributed by atoms with E-state index in [0.717, 1.165) is 11.4 Å². The van der Waals surface area contributed by atoms with Gasteiger partial charge >= 0.3 is 0 Å². The largest absolute Gasteiger partial charge is 0.363 e. The topological polar surface area (TPSA) is 114 Å². The van der Waals surface area contributed by atoms with Crippen molar-refractivity contribution in [2.75, 3.05) is 5.32 Å². The first kappa shape index (κ1) is 13.6. The Morgan fingerprint density at radius 3 is 2.58 bits per heavy atom. The maximum Gasteiger partial charge on any atom is 0.238 e. The molecule has 1 heterocycles. The van der Waals surface area contributed by atoms with Crippen molar-refractivity contribution in [3.05, 3.63) is 41.7 Å². The van der Waals surface area contributed by atoms with Crippen LogP contribution in [0.1, 0.15) is 11.3 Å². The van der Waals surface area contributed by atoms with Gasteiger partial charge in [-0.3, -0.25) is 0 Å². The van der Waals surface area contributed by atoms with Gasteiger partial charge in [-0.2, -0.15) is 0 Å². The fraction of sp³-hybridized carbons (Fsp3) is 0.167. The average molecular weight is 280 g/mol. The molecule has 6 nitrogen and oxygen atoms in total. The van der Waals surface area contributed by atoms with E-state index in [-0.39, 0.29) is 11.4 Å². The van der Waals surface area contributed by atoms with Crippen LogP contribution >= 0.6 is 0 Å². The highest BCUT2D eigenvalue weighted by Gasteiger charge is 2.14. The number of hydrogen-bond donors (Lipinski definition) is 4. The quantitative estimate of drug-likeness (QED) is 0.673. The molecule has 0 aliphatic carbocycles. The van der Waals surface area contributed by atoms with Crippen LogP contribution in [0.15, 0.2) is 35.4 Å². The number of nitrogens with two attached hydrogens (primary N) is 2. The Bertz CT molecular complexity index is 692. The number of hydrogen-bond acceptors (Lipinski definition) is 4. The van der Waals surface area contributed by atoms with Gasteiger partial charge in [0.2, 0.25) is 10.0 Å². The lowest BCUT2D eigenvalue weighted by Gasteiger charge is -2.10. The third-order valence-corrected chi connectivity index (χ3v) is 3.82. The Balaban J connectivity index is 2.42. The second-order valence-corrected chi connectivity index (χ2v) is 5.74. The molecule has 19 heavy (non-hydrogen) atoms.